The van der Waals surface area contributed by atoms with E-state index in [1.807, 2.05) is 0 Å². The predicted molar refractivity (Wildman–Crippen MR) is 50.7 cm³/mol. The normalized spacial score (nSPS) is 10.1. The Morgan fingerprint density at radius 3 is 2.69 bits per heavy atom. The van der Waals surface area contributed by atoms with Gasteiger partial charge in [0.2, 0.25) is 0 Å². The third kappa shape index (κ3) is 1.79. The van der Waals surface area contributed by atoms with Crippen LogP contribution in [0.25, 0.3) is 0 Å². The maximum absolute atomic E-state index is 10.5. The Morgan fingerprint density at radius 1 is 1.62 bits per heavy atom. The highest BCUT2D eigenvalue weighted by atomic mass is 35.5. The Labute approximate surface area is 80.5 Å². The number of nitro benzene ring substituents is 1. The lowest BCUT2D eigenvalue weighted by atomic mass is 10.1. The second kappa shape index (κ2) is 3.72. The van der Waals surface area contributed by atoms with E-state index in [2.05, 4.69) is 0 Å². The van der Waals surface area contributed by atoms with Gasteiger partial charge in [0.25, 0.3) is 5.69 Å². The summed E-state index contributed by atoms with van der Waals surface area (Å²) in [5, 5.41) is 11.0. The van der Waals surface area contributed by atoms with E-state index in [-0.39, 0.29) is 12.2 Å². The van der Waals surface area contributed by atoms with Crippen LogP contribution in [0.3, 0.4) is 0 Å². The summed E-state index contributed by atoms with van der Waals surface area (Å²) in [5.74, 6) is 0. The number of nitrogens with zero attached hydrogens (tertiary/aromatic N) is 1. The zero-order chi connectivity index (χ0) is 10.0. The van der Waals surface area contributed by atoms with Gasteiger partial charge >= 0.3 is 0 Å². The van der Waals surface area contributed by atoms with Crippen LogP contribution < -0.4 is 5.73 Å². The van der Waals surface area contributed by atoms with Crippen molar-refractivity contribution in [2.24, 2.45) is 5.73 Å². The summed E-state index contributed by atoms with van der Waals surface area (Å²) >= 11 is 5.80. The molecular formula is C8H9ClN2O2. The molecule has 0 aliphatic heterocycles. The average molecular weight is 201 g/mol. The maximum atomic E-state index is 10.5. The van der Waals surface area contributed by atoms with Crippen LogP contribution >= 0.6 is 11.6 Å². The second-order valence-corrected chi connectivity index (χ2v) is 3.04. The highest BCUT2D eigenvalue weighted by molar-refractivity contribution is 6.31. The zero-order valence-corrected chi connectivity index (χ0v) is 7.84. The van der Waals surface area contributed by atoms with Crippen molar-refractivity contribution in [2.75, 3.05) is 0 Å². The van der Waals surface area contributed by atoms with Crippen molar-refractivity contribution in [3.63, 3.8) is 0 Å². The molecule has 0 bridgehead atoms. The largest absolute Gasteiger partial charge is 0.326 e. The molecule has 0 spiro atoms. The molecule has 1 aromatic rings. The fourth-order valence-electron chi connectivity index (χ4n) is 1.16. The summed E-state index contributed by atoms with van der Waals surface area (Å²) in [6, 6.07) is 2.88. The number of nitrogens with two attached hydrogens (primary N) is 1. The van der Waals surface area contributed by atoms with E-state index in [0.717, 1.165) is 0 Å². The van der Waals surface area contributed by atoms with Crippen molar-refractivity contribution < 1.29 is 4.92 Å². The van der Waals surface area contributed by atoms with E-state index in [0.29, 0.717) is 16.1 Å². The Morgan fingerprint density at radius 2 is 2.23 bits per heavy atom. The van der Waals surface area contributed by atoms with Gasteiger partial charge in [-0.1, -0.05) is 11.6 Å². The highest BCUT2D eigenvalue weighted by Crippen LogP contribution is 2.27. The molecule has 0 saturated carbocycles. The van der Waals surface area contributed by atoms with Crippen LogP contribution in [0.5, 0.6) is 0 Å². The zero-order valence-electron chi connectivity index (χ0n) is 7.08. The molecule has 5 heteroatoms. The predicted octanol–water partition coefficient (Wildman–Crippen LogP) is 2.02. The molecule has 0 unspecified atom stereocenters. The summed E-state index contributed by atoms with van der Waals surface area (Å²) in [6.45, 7) is 1.86. The van der Waals surface area contributed by atoms with Gasteiger partial charge in [-0.25, -0.2) is 0 Å². The number of halogens is 1. The fourth-order valence-corrected chi connectivity index (χ4v) is 1.44. The van der Waals surface area contributed by atoms with Crippen molar-refractivity contribution in [1.29, 1.82) is 0 Å². The molecule has 70 valence electrons. The first-order chi connectivity index (χ1) is 6.07. The Hall–Kier alpha value is -1.13. The smallest absolute Gasteiger partial charge is 0.272 e. The van der Waals surface area contributed by atoms with Crippen molar-refractivity contribution in [3.8, 4) is 0 Å². The first kappa shape index (κ1) is 9.95. The van der Waals surface area contributed by atoms with E-state index >= 15 is 0 Å². The average Bonchev–Trinajstić information content (AvgIpc) is 2.04. The van der Waals surface area contributed by atoms with Crippen molar-refractivity contribution >= 4 is 17.3 Å². The Bertz CT molecular complexity index is 352. The lowest BCUT2D eigenvalue weighted by Gasteiger charge is -2.05. The summed E-state index contributed by atoms with van der Waals surface area (Å²) in [7, 11) is 0. The summed E-state index contributed by atoms with van der Waals surface area (Å²) in [4.78, 5) is 10.1. The van der Waals surface area contributed by atoms with Gasteiger partial charge in [-0.05, 0) is 18.6 Å². The molecule has 0 saturated heterocycles. The molecule has 0 heterocycles. The van der Waals surface area contributed by atoms with Gasteiger partial charge in [0.05, 0.1) is 4.92 Å². The Kier molecular flexibility index (Phi) is 2.85. The molecule has 1 aromatic carbocycles. The first-order valence-electron chi connectivity index (χ1n) is 3.70. The van der Waals surface area contributed by atoms with Gasteiger partial charge in [0.1, 0.15) is 0 Å². The molecule has 0 radical (unpaired) electrons. The number of nitro groups is 1. The van der Waals surface area contributed by atoms with Crippen LogP contribution in [0.2, 0.25) is 5.02 Å². The molecule has 0 amide bonds. The number of rotatable bonds is 2. The van der Waals surface area contributed by atoms with Crippen LogP contribution in [-0.2, 0) is 6.54 Å². The maximum Gasteiger partial charge on any atom is 0.272 e. The van der Waals surface area contributed by atoms with E-state index < -0.39 is 4.92 Å². The number of hydrogen-bond donors (Lipinski definition) is 1. The second-order valence-electron chi connectivity index (χ2n) is 2.63. The minimum absolute atomic E-state index is 0.0600. The molecule has 1 rings (SSSR count). The number of hydrogen-bond acceptors (Lipinski definition) is 3. The summed E-state index contributed by atoms with van der Waals surface area (Å²) in [5.41, 5.74) is 6.65. The molecule has 2 N–H and O–H groups in total. The standard InChI is InChI=1S/C8H9ClN2O2/c1-5-6(4-10)7(9)2-3-8(5)11(12)13/h2-3H,4,10H2,1H3. The molecule has 0 atom stereocenters. The highest BCUT2D eigenvalue weighted by Gasteiger charge is 2.14. The number of benzene rings is 1. The Balaban J connectivity index is 3.35. The third-order valence-corrected chi connectivity index (χ3v) is 2.27. The van der Waals surface area contributed by atoms with Crippen LogP contribution in [0, 0.1) is 17.0 Å². The minimum atomic E-state index is -0.440. The van der Waals surface area contributed by atoms with Gasteiger partial charge in [0, 0.05) is 23.2 Å². The SMILES string of the molecule is Cc1c([N+](=O)[O-])ccc(Cl)c1CN. The first-order valence-corrected chi connectivity index (χ1v) is 4.08. The topological polar surface area (TPSA) is 69.2 Å². The molecule has 0 fully saturated rings. The molecule has 4 nitrogen and oxygen atoms in total. The molecule has 0 aliphatic rings. The molecule has 0 aromatic heterocycles. The van der Waals surface area contributed by atoms with Gasteiger partial charge in [-0.3, -0.25) is 10.1 Å². The van der Waals surface area contributed by atoms with E-state index in [1.165, 1.54) is 12.1 Å². The van der Waals surface area contributed by atoms with Crippen molar-refractivity contribution in [1.82, 2.24) is 0 Å². The van der Waals surface area contributed by atoms with Crippen LogP contribution in [0.15, 0.2) is 12.1 Å². The van der Waals surface area contributed by atoms with Crippen LogP contribution in [-0.4, -0.2) is 4.92 Å². The quantitative estimate of drug-likeness (QED) is 0.587. The van der Waals surface area contributed by atoms with Gasteiger partial charge < -0.3 is 5.73 Å². The summed E-state index contributed by atoms with van der Waals surface area (Å²) < 4.78 is 0. The van der Waals surface area contributed by atoms with E-state index in [1.54, 1.807) is 6.92 Å². The lowest BCUT2D eigenvalue weighted by Crippen LogP contribution is -2.02. The molecular weight excluding hydrogens is 192 g/mol. The van der Waals surface area contributed by atoms with Crippen LogP contribution in [0.4, 0.5) is 5.69 Å². The van der Waals surface area contributed by atoms with Gasteiger partial charge in [-0.2, -0.15) is 0 Å². The fraction of sp³-hybridized carbons (Fsp3) is 0.250. The van der Waals surface area contributed by atoms with Crippen LogP contribution in [0.1, 0.15) is 11.1 Å². The van der Waals surface area contributed by atoms with Gasteiger partial charge in [0.15, 0.2) is 0 Å². The van der Waals surface area contributed by atoms with Gasteiger partial charge in [-0.15, -0.1) is 0 Å². The van der Waals surface area contributed by atoms with E-state index in [4.69, 9.17) is 17.3 Å². The monoisotopic (exact) mass is 200 g/mol. The summed E-state index contributed by atoms with van der Waals surface area (Å²) in [6.07, 6.45) is 0. The van der Waals surface area contributed by atoms with Crippen molar-refractivity contribution in [3.05, 3.63) is 38.4 Å². The third-order valence-electron chi connectivity index (χ3n) is 1.91. The van der Waals surface area contributed by atoms with E-state index in [9.17, 15) is 10.1 Å². The lowest BCUT2D eigenvalue weighted by molar-refractivity contribution is -0.385. The molecule has 0 aliphatic carbocycles. The minimum Gasteiger partial charge on any atom is -0.326 e. The molecule has 13 heavy (non-hydrogen) atoms. The van der Waals surface area contributed by atoms with Crippen molar-refractivity contribution in [2.45, 2.75) is 13.5 Å².